The lowest BCUT2D eigenvalue weighted by molar-refractivity contribution is 1.20. The molecule has 0 atom stereocenters. The maximum absolute atomic E-state index is 2.52. The predicted octanol–water partition coefficient (Wildman–Crippen LogP) is 16.2. The third-order valence-corrected chi connectivity index (χ3v) is 12.3. The molecule has 0 radical (unpaired) electrons. The number of nitrogens with zero attached hydrogens (tertiary/aromatic N) is 2. The number of fused-ring (bicyclic) bond motifs is 9. The minimum absolute atomic E-state index is 1.10. The van der Waals surface area contributed by atoms with Gasteiger partial charge in [-0.15, -0.1) is 0 Å². The SMILES string of the molecule is c1ccc(-c2ccc(N(c3ccc4c(c3)c3c(-c5ccccc5)cc5ccccc5c3n4-c3cccc4ccccc34)c3cc4ccccc4c4ccccc34)cc2)cc1. The maximum atomic E-state index is 2.52. The highest BCUT2D eigenvalue weighted by atomic mass is 15.1. The quantitative estimate of drug-likeness (QED) is 0.153. The molecule has 0 unspecified atom stereocenters. The van der Waals surface area contributed by atoms with Crippen LogP contribution in [-0.2, 0) is 0 Å². The third-order valence-electron chi connectivity index (χ3n) is 12.3. The van der Waals surface area contributed by atoms with Crippen LogP contribution in [0, 0.1) is 0 Å². The standard InChI is InChI=1S/C58H38N2/c1-3-16-39(17-4-1)40-30-32-45(33-31-40)59(56-37-44-22-8-10-24-47(44)50-27-13-14-28-51(50)56)46-34-35-55-53(38-46)57-52(42-18-5-2-6-19-42)36-43-21-9-12-26-49(43)58(57)60(55)54-29-15-23-41-20-7-11-25-48(41)54/h1-38H. The van der Waals surface area contributed by atoms with Gasteiger partial charge in [-0.25, -0.2) is 0 Å². The van der Waals surface area contributed by atoms with Gasteiger partial charge in [-0.2, -0.15) is 0 Å². The van der Waals surface area contributed by atoms with Crippen molar-refractivity contribution in [2.24, 2.45) is 0 Å². The van der Waals surface area contributed by atoms with Gasteiger partial charge in [-0.05, 0) is 97.7 Å². The minimum atomic E-state index is 1.10. The van der Waals surface area contributed by atoms with Gasteiger partial charge in [0.2, 0.25) is 0 Å². The molecule has 0 N–H and O–H groups in total. The number of benzene rings is 11. The van der Waals surface area contributed by atoms with Crippen molar-refractivity contribution in [3.05, 3.63) is 231 Å². The Morgan fingerprint density at radius 3 is 1.62 bits per heavy atom. The fourth-order valence-corrected chi connectivity index (χ4v) is 9.59. The van der Waals surface area contributed by atoms with E-state index in [1.54, 1.807) is 0 Å². The molecule has 280 valence electrons. The van der Waals surface area contributed by atoms with Crippen LogP contribution in [0.5, 0.6) is 0 Å². The van der Waals surface area contributed by atoms with Crippen LogP contribution in [0.25, 0.3) is 92.8 Å². The molecule has 0 aliphatic heterocycles. The first-order chi connectivity index (χ1) is 29.8. The summed E-state index contributed by atoms with van der Waals surface area (Å²) in [6.45, 7) is 0. The van der Waals surface area contributed by atoms with Gasteiger partial charge in [0.15, 0.2) is 0 Å². The average molecular weight is 763 g/mol. The van der Waals surface area contributed by atoms with E-state index in [0.717, 1.165) is 17.1 Å². The first-order valence-electron chi connectivity index (χ1n) is 20.7. The zero-order chi connectivity index (χ0) is 39.6. The Morgan fingerprint density at radius 2 is 0.867 bits per heavy atom. The van der Waals surface area contributed by atoms with Crippen molar-refractivity contribution >= 4 is 82.0 Å². The Labute approximate surface area is 348 Å². The Kier molecular flexibility index (Phi) is 7.89. The largest absolute Gasteiger partial charge is 0.310 e. The maximum Gasteiger partial charge on any atom is 0.0625 e. The summed E-state index contributed by atoms with van der Waals surface area (Å²) < 4.78 is 2.52. The molecule has 1 heterocycles. The Hall–Kier alpha value is -7.94. The summed E-state index contributed by atoms with van der Waals surface area (Å²) in [6, 6.07) is 84.4. The van der Waals surface area contributed by atoms with E-state index >= 15 is 0 Å². The van der Waals surface area contributed by atoms with Crippen molar-refractivity contribution in [3.8, 4) is 27.9 Å². The van der Waals surface area contributed by atoms with Crippen LogP contribution in [0.2, 0.25) is 0 Å². The van der Waals surface area contributed by atoms with Crippen LogP contribution < -0.4 is 4.90 Å². The normalized spacial score (nSPS) is 11.7. The number of hydrogen-bond acceptors (Lipinski definition) is 1. The van der Waals surface area contributed by atoms with Gasteiger partial charge in [0.05, 0.1) is 22.4 Å². The molecule has 2 heteroatoms. The van der Waals surface area contributed by atoms with Gasteiger partial charge in [0, 0.05) is 38.3 Å². The summed E-state index contributed by atoms with van der Waals surface area (Å²) >= 11 is 0. The molecule has 0 saturated carbocycles. The molecule has 0 spiro atoms. The van der Waals surface area contributed by atoms with Crippen molar-refractivity contribution < 1.29 is 0 Å². The topological polar surface area (TPSA) is 8.17 Å². The van der Waals surface area contributed by atoms with Crippen LogP contribution in [-0.4, -0.2) is 4.57 Å². The molecule has 60 heavy (non-hydrogen) atoms. The average Bonchev–Trinajstić information content (AvgIpc) is 3.67. The molecule has 11 aromatic carbocycles. The molecule has 12 rings (SSSR count). The first-order valence-corrected chi connectivity index (χ1v) is 20.7. The van der Waals surface area contributed by atoms with Gasteiger partial charge in [0.1, 0.15) is 0 Å². The number of anilines is 3. The Bertz CT molecular complexity index is 3580. The molecule has 0 bridgehead atoms. The molecule has 12 aromatic rings. The second-order valence-corrected chi connectivity index (χ2v) is 15.7. The fourth-order valence-electron chi connectivity index (χ4n) is 9.59. The number of aromatic nitrogens is 1. The second kappa shape index (κ2) is 13.9. The van der Waals surface area contributed by atoms with Crippen LogP contribution in [0.4, 0.5) is 17.1 Å². The fraction of sp³-hybridized carbons (Fsp3) is 0. The van der Waals surface area contributed by atoms with E-state index in [1.807, 2.05) is 0 Å². The van der Waals surface area contributed by atoms with Crippen molar-refractivity contribution in [3.63, 3.8) is 0 Å². The molecule has 1 aromatic heterocycles. The van der Waals surface area contributed by atoms with Crippen LogP contribution >= 0.6 is 0 Å². The van der Waals surface area contributed by atoms with Gasteiger partial charge in [-0.3, -0.25) is 0 Å². The summed E-state index contributed by atoms with van der Waals surface area (Å²) in [5.74, 6) is 0. The summed E-state index contributed by atoms with van der Waals surface area (Å²) in [4.78, 5) is 2.47. The van der Waals surface area contributed by atoms with E-state index in [1.165, 1.54) is 92.8 Å². The predicted molar refractivity (Wildman–Crippen MR) is 256 cm³/mol. The lowest BCUT2D eigenvalue weighted by Crippen LogP contribution is -2.10. The second-order valence-electron chi connectivity index (χ2n) is 15.7. The monoisotopic (exact) mass is 762 g/mol. The molecule has 0 amide bonds. The van der Waals surface area contributed by atoms with Crippen LogP contribution in [0.1, 0.15) is 0 Å². The third kappa shape index (κ3) is 5.42. The minimum Gasteiger partial charge on any atom is -0.310 e. The van der Waals surface area contributed by atoms with E-state index in [-0.39, 0.29) is 0 Å². The molecule has 2 nitrogen and oxygen atoms in total. The smallest absolute Gasteiger partial charge is 0.0625 e. The number of rotatable bonds is 6. The Balaban J connectivity index is 1.20. The van der Waals surface area contributed by atoms with E-state index in [0.29, 0.717) is 0 Å². The lowest BCUT2D eigenvalue weighted by atomic mass is 9.95. The highest BCUT2D eigenvalue weighted by Gasteiger charge is 2.24. The molecule has 0 fully saturated rings. The van der Waals surface area contributed by atoms with Crippen molar-refractivity contribution in [1.82, 2.24) is 4.57 Å². The van der Waals surface area contributed by atoms with Gasteiger partial charge in [-0.1, -0.05) is 182 Å². The van der Waals surface area contributed by atoms with Gasteiger partial charge in [0.25, 0.3) is 0 Å². The first kappa shape index (κ1) is 34.1. The molecular weight excluding hydrogens is 725 g/mol. The van der Waals surface area contributed by atoms with E-state index in [9.17, 15) is 0 Å². The van der Waals surface area contributed by atoms with Crippen LogP contribution in [0.15, 0.2) is 231 Å². The molecular formula is C58H38N2. The lowest BCUT2D eigenvalue weighted by Gasteiger charge is -2.28. The van der Waals surface area contributed by atoms with Gasteiger partial charge >= 0.3 is 0 Å². The van der Waals surface area contributed by atoms with Crippen LogP contribution in [0.3, 0.4) is 0 Å². The highest BCUT2D eigenvalue weighted by molar-refractivity contribution is 6.25. The highest BCUT2D eigenvalue weighted by Crippen LogP contribution is 2.47. The number of hydrogen-bond donors (Lipinski definition) is 0. The van der Waals surface area contributed by atoms with Crippen molar-refractivity contribution in [2.45, 2.75) is 0 Å². The van der Waals surface area contributed by atoms with Crippen molar-refractivity contribution in [1.29, 1.82) is 0 Å². The van der Waals surface area contributed by atoms with E-state index in [4.69, 9.17) is 0 Å². The summed E-state index contributed by atoms with van der Waals surface area (Å²) in [7, 11) is 0. The molecule has 0 aliphatic carbocycles. The Morgan fingerprint density at radius 1 is 0.317 bits per heavy atom. The van der Waals surface area contributed by atoms with E-state index < -0.39 is 0 Å². The zero-order valence-corrected chi connectivity index (χ0v) is 32.8. The summed E-state index contributed by atoms with van der Waals surface area (Å²) in [5, 5.41) is 12.2. The summed E-state index contributed by atoms with van der Waals surface area (Å²) in [5.41, 5.74) is 11.7. The molecule has 0 saturated heterocycles. The molecule has 0 aliphatic rings. The van der Waals surface area contributed by atoms with E-state index in [2.05, 4.69) is 240 Å². The zero-order valence-electron chi connectivity index (χ0n) is 32.8. The summed E-state index contributed by atoms with van der Waals surface area (Å²) in [6.07, 6.45) is 0. The van der Waals surface area contributed by atoms with Gasteiger partial charge < -0.3 is 9.47 Å². The van der Waals surface area contributed by atoms with Crippen molar-refractivity contribution in [2.75, 3.05) is 4.90 Å².